The predicted octanol–water partition coefficient (Wildman–Crippen LogP) is 0.720. The first-order valence-electron chi connectivity index (χ1n) is 0.886. The summed E-state index contributed by atoms with van der Waals surface area (Å²) >= 11 is -0.250. The van der Waals surface area contributed by atoms with Crippen LogP contribution in [0, 0.1) is 0 Å². The molecule has 0 bridgehead atoms. The van der Waals surface area contributed by atoms with Crippen molar-refractivity contribution in [3.63, 3.8) is 0 Å². The van der Waals surface area contributed by atoms with Crippen molar-refractivity contribution in [3.05, 3.63) is 11.4 Å². The molecule has 1 unspecified atom stereocenters. The van der Waals surface area contributed by atoms with Gasteiger partial charge < -0.3 is 0 Å². The predicted molar refractivity (Wildman–Crippen MR) is 23.2 cm³/mol. The normalized spacial score (nSPS) is 9.25. The SMILES string of the molecule is C=C[AsH]Cl. The summed E-state index contributed by atoms with van der Waals surface area (Å²) in [6.45, 7) is 3.40. The van der Waals surface area contributed by atoms with E-state index < -0.39 is 0 Å². The molecule has 0 rings (SSSR count). The van der Waals surface area contributed by atoms with E-state index in [2.05, 4.69) is 6.58 Å². The molecule has 1 atom stereocenters. The van der Waals surface area contributed by atoms with Crippen LogP contribution in [0.2, 0.25) is 0 Å². The van der Waals surface area contributed by atoms with Gasteiger partial charge in [-0.25, -0.2) is 0 Å². The molecule has 0 nitrogen and oxygen atoms in total. The first-order valence-corrected chi connectivity index (χ1v) is 4.85. The molecule has 4 heavy (non-hydrogen) atoms. The van der Waals surface area contributed by atoms with E-state index >= 15 is 0 Å². The molecule has 0 radical (unpaired) electrons. The third-order valence-corrected chi connectivity index (χ3v) is 1.20. The Balaban J connectivity index is 2.30. The molecule has 0 saturated carbocycles. The number of rotatable bonds is 1. The van der Waals surface area contributed by atoms with Crippen LogP contribution in [0.3, 0.4) is 0 Å². The second-order valence-corrected chi connectivity index (χ2v) is 2.76. The Kier molecular flexibility index (Phi) is 4.12. The van der Waals surface area contributed by atoms with Crippen LogP contribution in [-0.2, 0) is 0 Å². The van der Waals surface area contributed by atoms with Gasteiger partial charge in [0, 0.05) is 0 Å². The molecular weight excluding hydrogens is 134 g/mol. The van der Waals surface area contributed by atoms with Crippen molar-refractivity contribution in [2.45, 2.75) is 0 Å². The third kappa shape index (κ3) is 2.59. The van der Waals surface area contributed by atoms with Crippen LogP contribution in [0.5, 0.6) is 0 Å². The van der Waals surface area contributed by atoms with Crippen LogP contribution < -0.4 is 0 Å². The molecular formula is C2H4AsCl. The van der Waals surface area contributed by atoms with E-state index in [1.54, 1.807) is 4.86 Å². The molecule has 0 heterocycles. The average molecular weight is 138 g/mol. The van der Waals surface area contributed by atoms with Crippen LogP contribution in [0.1, 0.15) is 0 Å². The van der Waals surface area contributed by atoms with Crippen molar-refractivity contribution < 1.29 is 0 Å². The molecule has 0 fully saturated rings. The van der Waals surface area contributed by atoms with Crippen molar-refractivity contribution in [1.29, 1.82) is 0 Å². The fourth-order valence-electron chi connectivity index (χ4n) is 0. The minimum atomic E-state index is -0.250. The van der Waals surface area contributed by atoms with Gasteiger partial charge in [0.15, 0.2) is 0 Å². The van der Waals surface area contributed by atoms with Crippen molar-refractivity contribution >= 4 is 24.8 Å². The minimum absolute atomic E-state index is 0.250. The number of hydrogen-bond acceptors (Lipinski definition) is 0. The van der Waals surface area contributed by atoms with E-state index in [1.165, 1.54) is 0 Å². The van der Waals surface area contributed by atoms with Crippen molar-refractivity contribution in [3.8, 4) is 0 Å². The summed E-state index contributed by atoms with van der Waals surface area (Å²) in [6.07, 6.45) is 0. The van der Waals surface area contributed by atoms with E-state index in [-0.39, 0.29) is 14.8 Å². The van der Waals surface area contributed by atoms with Gasteiger partial charge in [-0.1, -0.05) is 0 Å². The Labute approximate surface area is 36.7 Å². The number of hydrogen-bond donors (Lipinski definition) is 0. The molecule has 0 saturated heterocycles. The zero-order chi connectivity index (χ0) is 3.41. The summed E-state index contributed by atoms with van der Waals surface area (Å²) in [6, 6.07) is 0. The van der Waals surface area contributed by atoms with Crippen LogP contribution in [0.15, 0.2) is 11.4 Å². The van der Waals surface area contributed by atoms with Gasteiger partial charge in [0.2, 0.25) is 0 Å². The van der Waals surface area contributed by atoms with Crippen molar-refractivity contribution in [1.82, 2.24) is 0 Å². The molecule has 0 aromatic carbocycles. The van der Waals surface area contributed by atoms with Crippen LogP contribution in [0.4, 0.5) is 0 Å². The third-order valence-electron chi connectivity index (χ3n) is 0.0772. The molecule has 0 aliphatic heterocycles. The summed E-state index contributed by atoms with van der Waals surface area (Å²) in [5.41, 5.74) is 0. The standard InChI is InChI=1S/C2H4AsCl/c1-2-3-4/h2-3H,1H2. The Hall–Kier alpha value is 0.588. The van der Waals surface area contributed by atoms with Crippen LogP contribution in [0.25, 0.3) is 0 Å². The molecule has 0 spiro atoms. The van der Waals surface area contributed by atoms with E-state index in [9.17, 15) is 0 Å². The molecule has 0 aliphatic carbocycles. The molecule has 2 heteroatoms. The topological polar surface area (TPSA) is 0 Å². The summed E-state index contributed by atoms with van der Waals surface area (Å²) < 4.78 is 0. The Morgan fingerprint density at radius 2 is 2.25 bits per heavy atom. The van der Waals surface area contributed by atoms with Crippen molar-refractivity contribution in [2.75, 3.05) is 0 Å². The Morgan fingerprint density at radius 3 is 2.25 bits per heavy atom. The summed E-state index contributed by atoms with van der Waals surface area (Å²) in [7, 11) is 5.19. The summed E-state index contributed by atoms with van der Waals surface area (Å²) in [5, 5.41) is 0. The van der Waals surface area contributed by atoms with E-state index in [0.717, 1.165) is 0 Å². The fourth-order valence-corrected chi connectivity index (χ4v) is 0. The molecule has 0 aliphatic rings. The van der Waals surface area contributed by atoms with E-state index in [1.807, 2.05) is 0 Å². The first kappa shape index (κ1) is 4.59. The summed E-state index contributed by atoms with van der Waals surface area (Å²) in [5.74, 6) is 0. The summed E-state index contributed by atoms with van der Waals surface area (Å²) in [4.78, 5) is 1.77. The molecule has 0 aromatic heterocycles. The average Bonchev–Trinajstić information content (AvgIpc) is 1.37. The monoisotopic (exact) mass is 138 g/mol. The van der Waals surface area contributed by atoms with Gasteiger partial charge in [-0.2, -0.15) is 0 Å². The maximum atomic E-state index is 5.19. The van der Waals surface area contributed by atoms with Crippen molar-refractivity contribution in [2.24, 2.45) is 0 Å². The first-order chi connectivity index (χ1) is 1.91. The van der Waals surface area contributed by atoms with Gasteiger partial charge in [0.05, 0.1) is 0 Å². The zero-order valence-electron chi connectivity index (χ0n) is 2.16. The van der Waals surface area contributed by atoms with Gasteiger partial charge in [-0.05, 0) is 0 Å². The quantitative estimate of drug-likeness (QED) is 0.469. The van der Waals surface area contributed by atoms with Gasteiger partial charge in [-0.15, -0.1) is 0 Å². The van der Waals surface area contributed by atoms with Gasteiger partial charge in [-0.3, -0.25) is 0 Å². The molecule has 24 valence electrons. The molecule has 0 aromatic rings. The number of halogens is 1. The molecule has 0 N–H and O–H groups in total. The van der Waals surface area contributed by atoms with Crippen LogP contribution >= 0.6 is 9.95 Å². The zero-order valence-corrected chi connectivity index (χ0v) is 5.02. The van der Waals surface area contributed by atoms with E-state index in [4.69, 9.17) is 9.95 Å². The van der Waals surface area contributed by atoms with Gasteiger partial charge in [0.1, 0.15) is 0 Å². The Morgan fingerprint density at radius 1 is 2.00 bits per heavy atom. The second kappa shape index (κ2) is 3.59. The van der Waals surface area contributed by atoms with Gasteiger partial charge >= 0.3 is 36.2 Å². The fraction of sp³-hybridized carbons (Fsp3) is 0. The van der Waals surface area contributed by atoms with Crippen LogP contribution in [-0.4, -0.2) is 14.8 Å². The van der Waals surface area contributed by atoms with E-state index in [0.29, 0.717) is 0 Å². The second-order valence-electron chi connectivity index (χ2n) is 0.313. The maximum absolute atomic E-state index is 5.19. The van der Waals surface area contributed by atoms with Gasteiger partial charge in [0.25, 0.3) is 0 Å². The Bertz CT molecular complexity index is 20.0. The molecule has 0 amide bonds.